The first kappa shape index (κ1) is 55.2. The van der Waals surface area contributed by atoms with Gasteiger partial charge in [-0.3, -0.25) is 4.55 Å². The smallest absolute Gasteiger partial charge is 0.871 e. The third kappa shape index (κ3) is 12.5. The fourth-order valence-electron chi connectivity index (χ4n) is 6.05. The van der Waals surface area contributed by atoms with Crippen molar-refractivity contribution >= 4 is 103 Å². The quantitative estimate of drug-likeness (QED) is 0.0657. The molecule has 0 spiro atoms. The van der Waals surface area contributed by atoms with Crippen molar-refractivity contribution in [3.05, 3.63) is 109 Å². The van der Waals surface area contributed by atoms with Crippen LogP contribution < -0.4 is 144 Å². The van der Waals surface area contributed by atoms with Gasteiger partial charge in [-0.1, -0.05) is 47.9 Å². The van der Waals surface area contributed by atoms with Gasteiger partial charge in [0.2, 0.25) is 0 Å². The summed E-state index contributed by atoms with van der Waals surface area (Å²) in [5.74, 6) is -1.58. The standard InChI is InChI=1S/C38H28N6O13S3.4Na/c1-57-31-5-3-2-4-30(31)42-44-35-33(60(54,55)56)19-23-16-25(10-13-29(23)37(35)46)40-38(47)39-24-9-12-28-22(15-24)18-32(59(51,52)53)34(36(28)45)43-41-26-8-6-21-17-27(58(48,49)50)11-7-20(21)14-26;;;;/h2-19,45-46H,1H3,(H2,39,40,47)(H,48,49,50)(H,51,52,53)(H,54,55,56);;;;/q;4*+1/p-4. The molecule has 2 amide bonds. The molecule has 0 aromatic heterocycles. The number of ether oxygens (including phenoxy) is 1. The largest absolute Gasteiger partial charge is 1.00 e. The molecule has 0 saturated heterocycles. The molecule has 0 unspecified atom stereocenters. The number of carbonyl (C=O) groups is 1. The first-order valence-electron chi connectivity index (χ1n) is 16.8. The zero-order chi connectivity index (χ0) is 43.1. The van der Waals surface area contributed by atoms with Crippen molar-refractivity contribution in [3.8, 4) is 17.2 Å². The van der Waals surface area contributed by atoms with E-state index in [1.54, 1.807) is 18.2 Å². The zero-order valence-corrected chi connectivity index (χ0v) is 44.7. The Morgan fingerprint density at radius 2 is 1.09 bits per heavy atom. The summed E-state index contributed by atoms with van der Waals surface area (Å²) >= 11 is 0. The molecule has 7 aromatic carbocycles. The van der Waals surface area contributed by atoms with E-state index < -0.39 is 73.9 Å². The van der Waals surface area contributed by atoms with Crippen LogP contribution in [0.5, 0.6) is 17.2 Å². The minimum absolute atomic E-state index is 0. The second-order valence-electron chi connectivity index (χ2n) is 12.7. The topological polar surface area (TPSA) is 315 Å². The molecule has 0 heterocycles. The number of para-hydroxylation sites is 1. The predicted octanol–water partition coefficient (Wildman–Crippen LogP) is -5.15. The van der Waals surface area contributed by atoms with E-state index in [0.29, 0.717) is 10.8 Å². The Morgan fingerprint density at radius 3 is 1.64 bits per heavy atom. The van der Waals surface area contributed by atoms with Gasteiger partial charge in [0, 0.05) is 11.4 Å². The van der Waals surface area contributed by atoms with E-state index in [2.05, 4.69) is 31.1 Å². The number of azo groups is 2. The number of amides is 2. The van der Waals surface area contributed by atoms with Crippen molar-refractivity contribution in [3.63, 3.8) is 0 Å². The molecule has 0 saturated carbocycles. The van der Waals surface area contributed by atoms with Gasteiger partial charge in [0.1, 0.15) is 36.6 Å². The Morgan fingerprint density at radius 1 is 0.578 bits per heavy atom. The monoisotopic (exact) mass is 960 g/mol. The molecule has 19 nitrogen and oxygen atoms in total. The van der Waals surface area contributed by atoms with Crippen molar-refractivity contribution < 1.29 is 177 Å². The van der Waals surface area contributed by atoms with Crippen LogP contribution in [0.3, 0.4) is 0 Å². The molecule has 3 N–H and O–H groups in total. The van der Waals surface area contributed by atoms with Gasteiger partial charge in [0.25, 0.3) is 10.1 Å². The molecule has 0 radical (unpaired) electrons. The summed E-state index contributed by atoms with van der Waals surface area (Å²) in [5, 5.41) is 47.9. The number of anilines is 2. The maximum atomic E-state index is 13.5. The summed E-state index contributed by atoms with van der Waals surface area (Å²) < 4.78 is 111. The van der Waals surface area contributed by atoms with E-state index in [1.807, 2.05) is 0 Å². The predicted molar refractivity (Wildman–Crippen MR) is 210 cm³/mol. The van der Waals surface area contributed by atoms with Crippen LogP contribution in [0.25, 0.3) is 32.3 Å². The van der Waals surface area contributed by atoms with E-state index in [-0.39, 0.29) is 168 Å². The second-order valence-corrected chi connectivity index (χ2v) is 16.8. The minimum Gasteiger partial charge on any atom is -0.871 e. The van der Waals surface area contributed by atoms with Crippen LogP contribution in [0, 0.1) is 0 Å². The van der Waals surface area contributed by atoms with Crippen LogP contribution in [0.4, 0.5) is 38.9 Å². The van der Waals surface area contributed by atoms with Gasteiger partial charge in [-0.25, -0.2) is 21.6 Å². The number of fused-ring (bicyclic) bond motifs is 3. The number of rotatable bonds is 10. The van der Waals surface area contributed by atoms with Crippen LogP contribution in [0.2, 0.25) is 0 Å². The molecule has 7 rings (SSSR count). The van der Waals surface area contributed by atoms with Gasteiger partial charge in [-0.05, 0) is 105 Å². The number of nitrogens with zero attached hydrogens (tertiary/aromatic N) is 4. The van der Waals surface area contributed by atoms with Crippen molar-refractivity contribution in [2.45, 2.75) is 14.7 Å². The molecule has 0 bridgehead atoms. The number of hydrogen-bond donors (Lipinski definition) is 3. The third-order valence-electron chi connectivity index (χ3n) is 8.82. The van der Waals surface area contributed by atoms with Crippen LogP contribution in [0.15, 0.2) is 144 Å². The van der Waals surface area contributed by atoms with Crippen LogP contribution >= 0.6 is 0 Å². The summed E-state index contributed by atoms with van der Waals surface area (Å²) in [6.07, 6.45) is 0. The van der Waals surface area contributed by atoms with Crippen LogP contribution in [0.1, 0.15) is 0 Å². The Labute approximate surface area is 453 Å². The fraction of sp³-hybridized carbons (Fsp3) is 0.0263. The average molecular weight is 961 g/mol. The molecule has 64 heavy (non-hydrogen) atoms. The molecule has 306 valence electrons. The molecule has 0 fully saturated rings. The average Bonchev–Trinajstić information content (AvgIpc) is 3.18. The zero-order valence-electron chi connectivity index (χ0n) is 34.3. The summed E-state index contributed by atoms with van der Waals surface area (Å²) in [6, 6.07) is 22.8. The second kappa shape index (κ2) is 22.1. The number of methoxy groups -OCH3 is 1. The number of carbonyl (C=O) groups excluding carboxylic acids is 1. The van der Waals surface area contributed by atoms with E-state index in [4.69, 9.17) is 4.74 Å². The van der Waals surface area contributed by atoms with Crippen molar-refractivity contribution in [2.75, 3.05) is 17.7 Å². The molecule has 26 heteroatoms. The Bertz CT molecular complexity index is 3360. The summed E-state index contributed by atoms with van der Waals surface area (Å²) in [4.78, 5) is 10.8. The third-order valence-corrected chi connectivity index (χ3v) is 11.4. The SMILES string of the molecule is COc1ccccc1N=Nc1c(S(=O)(=O)O)cc2cc(NC(=O)Nc3ccc4c([O-])c(N=Nc5ccc6cc(S(=O)(=O)[O-])ccc6c5)c(S(=O)(=O)[O-])cc4c3)ccc2c1[O-].[Na+].[Na+].[Na+].[Na+]. The minimum atomic E-state index is -5.32. The fourth-order valence-corrected chi connectivity index (χ4v) is 7.86. The first-order chi connectivity index (χ1) is 28.3. The van der Waals surface area contributed by atoms with Gasteiger partial charge < -0.3 is 34.7 Å². The van der Waals surface area contributed by atoms with Gasteiger partial charge >= 0.3 is 124 Å². The molecular weight excluding hydrogens is 937 g/mol. The number of nitrogens with one attached hydrogen (secondary N) is 2. The van der Waals surface area contributed by atoms with Gasteiger partial charge in [-0.15, -0.1) is 15.3 Å². The summed E-state index contributed by atoms with van der Waals surface area (Å²) in [7, 11) is -13.7. The summed E-state index contributed by atoms with van der Waals surface area (Å²) in [5.41, 5.74) is -1.09. The van der Waals surface area contributed by atoms with Crippen LogP contribution in [-0.2, 0) is 30.4 Å². The molecule has 0 atom stereocenters. The maximum absolute atomic E-state index is 13.5. The van der Waals surface area contributed by atoms with E-state index in [9.17, 15) is 53.9 Å². The Kier molecular flexibility index (Phi) is 19.1. The number of hydrogen-bond acceptors (Lipinski definition) is 16. The van der Waals surface area contributed by atoms with Crippen molar-refractivity contribution in [1.82, 2.24) is 0 Å². The maximum Gasteiger partial charge on any atom is 1.00 e. The molecule has 0 aliphatic rings. The van der Waals surface area contributed by atoms with Gasteiger partial charge in [0.05, 0.1) is 34.0 Å². The normalized spacial score (nSPS) is 11.7. The van der Waals surface area contributed by atoms with Gasteiger partial charge in [0.15, 0.2) is 0 Å². The Balaban J connectivity index is 0.00000272. The Hall–Kier alpha value is -3.08. The molecule has 0 aliphatic carbocycles. The van der Waals surface area contributed by atoms with Crippen molar-refractivity contribution in [1.29, 1.82) is 0 Å². The van der Waals surface area contributed by atoms with E-state index in [1.165, 1.54) is 73.8 Å². The molecule has 7 aromatic rings. The van der Waals surface area contributed by atoms with Crippen LogP contribution in [-0.4, -0.2) is 52.1 Å². The van der Waals surface area contributed by atoms with E-state index in [0.717, 1.165) is 24.3 Å². The number of urea groups is 1. The summed E-state index contributed by atoms with van der Waals surface area (Å²) in [6.45, 7) is 0. The first-order valence-corrected chi connectivity index (χ1v) is 21.1. The van der Waals surface area contributed by atoms with Crippen molar-refractivity contribution in [2.24, 2.45) is 20.5 Å². The molecular formula is C38H24N6Na4O13S3. The molecule has 0 aliphatic heterocycles. The van der Waals surface area contributed by atoms with Gasteiger partial charge in [-0.2, -0.15) is 13.5 Å². The van der Waals surface area contributed by atoms with E-state index >= 15 is 0 Å². The number of benzene rings is 7.